The third-order valence-corrected chi connectivity index (χ3v) is 5.03. The van der Waals surface area contributed by atoms with Gasteiger partial charge in [0.15, 0.2) is 0 Å². The van der Waals surface area contributed by atoms with Gasteiger partial charge in [-0.05, 0) is 31.2 Å². The number of benzene rings is 1. The van der Waals surface area contributed by atoms with Crippen molar-refractivity contribution in [2.75, 3.05) is 20.6 Å². The second kappa shape index (κ2) is 6.76. The van der Waals surface area contributed by atoms with Crippen molar-refractivity contribution in [1.29, 1.82) is 0 Å². The van der Waals surface area contributed by atoms with Crippen LogP contribution in [0.25, 0.3) is 0 Å². The van der Waals surface area contributed by atoms with E-state index in [4.69, 9.17) is 0 Å². The molecular weight excluding hydrogens is 305 g/mol. The van der Waals surface area contributed by atoms with Crippen LogP contribution in [0.2, 0.25) is 0 Å². The zero-order chi connectivity index (χ0) is 16.3. The Balaban J connectivity index is 3.03. The lowest BCUT2D eigenvalue weighted by Crippen LogP contribution is -2.31. The van der Waals surface area contributed by atoms with Gasteiger partial charge in [0.1, 0.15) is 0 Å². The molecule has 0 aliphatic heterocycles. The summed E-state index contributed by atoms with van der Waals surface area (Å²) in [6.45, 7) is 1.50. The van der Waals surface area contributed by atoms with Crippen molar-refractivity contribution in [3.8, 4) is 0 Å². The van der Waals surface area contributed by atoms with Crippen LogP contribution in [0, 0.1) is 6.92 Å². The van der Waals surface area contributed by atoms with Crippen molar-refractivity contribution < 1.29 is 21.6 Å². The number of nitrogens with one attached hydrogen (secondary N) is 1. The summed E-state index contributed by atoms with van der Waals surface area (Å²) in [5.74, 6) is 0. The lowest BCUT2D eigenvalue weighted by molar-refractivity contribution is -0.135. The zero-order valence-corrected chi connectivity index (χ0v) is 13.0. The molecule has 0 amide bonds. The maximum absolute atomic E-state index is 12.4. The molecule has 1 N–H and O–H groups in total. The summed E-state index contributed by atoms with van der Waals surface area (Å²) >= 11 is 0. The SMILES string of the molecule is CNCc1ccc(C)c(S(=O)(=O)N(C)CCC(F)(F)F)c1. The summed E-state index contributed by atoms with van der Waals surface area (Å²) in [6, 6.07) is 4.92. The van der Waals surface area contributed by atoms with E-state index in [-0.39, 0.29) is 4.90 Å². The Morgan fingerprint density at radius 3 is 2.43 bits per heavy atom. The van der Waals surface area contributed by atoms with Crippen LogP contribution in [0.3, 0.4) is 0 Å². The molecule has 0 radical (unpaired) electrons. The topological polar surface area (TPSA) is 49.4 Å². The second-order valence-corrected chi connectivity index (χ2v) is 6.84. The molecule has 4 nitrogen and oxygen atoms in total. The molecule has 120 valence electrons. The van der Waals surface area contributed by atoms with E-state index in [2.05, 4.69) is 5.32 Å². The molecule has 0 fully saturated rings. The molecule has 0 saturated heterocycles. The third-order valence-electron chi connectivity index (χ3n) is 3.03. The first-order chi connectivity index (χ1) is 9.58. The predicted octanol–water partition coefficient (Wildman–Crippen LogP) is 2.29. The number of halogens is 3. The van der Waals surface area contributed by atoms with Gasteiger partial charge in [0.2, 0.25) is 10.0 Å². The van der Waals surface area contributed by atoms with Crippen LogP contribution < -0.4 is 5.32 Å². The maximum atomic E-state index is 12.4. The molecule has 0 bridgehead atoms. The minimum absolute atomic E-state index is 0.0416. The number of alkyl halides is 3. The van der Waals surface area contributed by atoms with Gasteiger partial charge in [0, 0.05) is 20.1 Å². The molecule has 1 aromatic carbocycles. The zero-order valence-electron chi connectivity index (χ0n) is 12.2. The van der Waals surface area contributed by atoms with Crippen LogP contribution >= 0.6 is 0 Å². The molecule has 1 aromatic rings. The quantitative estimate of drug-likeness (QED) is 0.873. The van der Waals surface area contributed by atoms with E-state index >= 15 is 0 Å². The lowest BCUT2D eigenvalue weighted by Gasteiger charge is -2.19. The minimum atomic E-state index is -4.38. The number of hydrogen-bond acceptors (Lipinski definition) is 3. The standard InChI is InChI=1S/C13H19F3N2O2S/c1-10-4-5-11(9-17-2)8-12(10)21(19,20)18(3)7-6-13(14,15)16/h4-5,8,17H,6-7,9H2,1-3H3. The van der Waals surface area contributed by atoms with Gasteiger partial charge in [-0.2, -0.15) is 13.2 Å². The third kappa shape index (κ3) is 4.98. The smallest absolute Gasteiger partial charge is 0.316 e. The van der Waals surface area contributed by atoms with Crippen LogP contribution in [-0.4, -0.2) is 39.5 Å². The molecule has 0 saturated carbocycles. The molecule has 0 aliphatic rings. The monoisotopic (exact) mass is 324 g/mol. The minimum Gasteiger partial charge on any atom is -0.316 e. The van der Waals surface area contributed by atoms with Gasteiger partial charge in [-0.15, -0.1) is 0 Å². The summed E-state index contributed by atoms with van der Waals surface area (Å²) in [6.07, 6.45) is -5.55. The Morgan fingerprint density at radius 2 is 1.90 bits per heavy atom. The number of sulfonamides is 1. The summed E-state index contributed by atoms with van der Waals surface area (Å²) in [5, 5.41) is 2.90. The number of hydrogen-bond donors (Lipinski definition) is 1. The van der Waals surface area contributed by atoms with E-state index in [1.54, 1.807) is 26.1 Å². The lowest BCUT2D eigenvalue weighted by atomic mass is 10.1. The fourth-order valence-electron chi connectivity index (χ4n) is 1.81. The predicted molar refractivity (Wildman–Crippen MR) is 74.4 cm³/mol. The first-order valence-electron chi connectivity index (χ1n) is 6.35. The van der Waals surface area contributed by atoms with E-state index in [1.165, 1.54) is 6.07 Å². The number of nitrogens with zero attached hydrogens (tertiary/aromatic N) is 1. The number of rotatable bonds is 6. The number of aryl methyl sites for hydroxylation is 1. The Bertz CT molecular complexity index is 586. The normalized spacial score (nSPS) is 12.9. The van der Waals surface area contributed by atoms with Crippen molar-refractivity contribution in [1.82, 2.24) is 9.62 Å². The molecule has 21 heavy (non-hydrogen) atoms. The van der Waals surface area contributed by atoms with Crippen molar-refractivity contribution in [3.05, 3.63) is 29.3 Å². The van der Waals surface area contributed by atoms with Crippen LogP contribution in [0.5, 0.6) is 0 Å². The highest BCUT2D eigenvalue weighted by atomic mass is 32.2. The van der Waals surface area contributed by atoms with Gasteiger partial charge in [0.25, 0.3) is 0 Å². The molecule has 0 heterocycles. The average molecular weight is 324 g/mol. The Labute approximate surface area is 123 Å². The van der Waals surface area contributed by atoms with E-state index in [0.717, 1.165) is 16.9 Å². The van der Waals surface area contributed by atoms with Gasteiger partial charge in [-0.3, -0.25) is 0 Å². The molecule has 0 spiro atoms. The maximum Gasteiger partial charge on any atom is 0.390 e. The Morgan fingerprint density at radius 1 is 1.29 bits per heavy atom. The summed E-state index contributed by atoms with van der Waals surface area (Å²) in [7, 11) is -1.04. The van der Waals surface area contributed by atoms with Crippen molar-refractivity contribution in [2.45, 2.75) is 31.0 Å². The van der Waals surface area contributed by atoms with E-state index in [0.29, 0.717) is 12.1 Å². The summed E-state index contributed by atoms with van der Waals surface area (Å²) in [5.41, 5.74) is 1.26. The average Bonchev–Trinajstić information content (AvgIpc) is 2.37. The van der Waals surface area contributed by atoms with Gasteiger partial charge in [-0.1, -0.05) is 12.1 Å². The van der Waals surface area contributed by atoms with Gasteiger partial charge >= 0.3 is 6.18 Å². The summed E-state index contributed by atoms with van der Waals surface area (Å²) in [4.78, 5) is 0.0416. The fourth-order valence-corrected chi connectivity index (χ4v) is 3.25. The largest absolute Gasteiger partial charge is 0.390 e. The highest BCUT2D eigenvalue weighted by Gasteiger charge is 2.31. The van der Waals surface area contributed by atoms with Crippen LogP contribution in [0.15, 0.2) is 23.1 Å². The highest BCUT2D eigenvalue weighted by Crippen LogP contribution is 2.24. The van der Waals surface area contributed by atoms with Crippen molar-refractivity contribution in [2.24, 2.45) is 0 Å². The molecular formula is C13H19F3N2O2S. The van der Waals surface area contributed by atoms with Gasteiger partial charge in [-0.25, -0.2) is 12.7 Å². The van der Waals surface area contributed by atoms with Crippen LogP contribution in [0.4, 0.5) is 13.2 Å². The molecule has 0 aromatic heterocycles. The van der Waals surface area contributed by atoms with Crippen molar-refractivity contribution >= 4 is 10.0 Å². The fraction of sp³-hybridized carbons (Fsp3) is 0.538. The molecule has 8 heteroatoms. The first-order valence-corrected chi connectivity index (χ1v) is 7.79. The second-order valence-electron chi connectivity index (χ2n) is 4.82. The van der Waals surface area contributed by atoms with Gasteiger partial charge in [0.05, 0.1) is 11.3 Å². The molecule has 0 aliphatic carbocycles. The van der Waals surface area contributed by atoms with Crippen molar-refractivity contribution in [3.63, 3.8) is 0 Å². The van der Waals surface area contributed by atoms with Crippen LogP contribution in [0.1, 0.15) is 17.5 Å². The molecule has 1 rings (SSSR count). The molecule has 0 atom stereocenters. The summed E-state index contributed by atoms with van der Waals surface area (Å²) < 4.78 is 62.1. The Hall–Kier alpha value is -1.12. The van der Waals surface area contributed by atoms with Gasteiger partial charge < -0.3 is 5.32 Å². The highest BCUT2D eigenvalue weighted by molar-refractivity contribution is 7.89. The van der Waals surface area contributed by atoms with Crippen LogP contribution in [-0.2, 0) is 16.6 Å². The van der Waals surface area contributed by atoms with E-state index in [1.807, 2.05) is 0 Å². The van der Waals surface area contributed by atoms with E-state index < -0.39 is 29.2 Å². The first kappa shape index (κ1) is 17.9. The van der Waals surface area contributed by atoms with E-state index in [9.17, 15) is 21.6 Å². The molecule has 0 unspecified atom stereocenters. The Kier molecular flexibility index (Phi) is 5.77.